The molecule has 3 rings (SSSR count). The Labute approximate surface area is 152 Å². The summed E-state index contributed by atoms with van der Waals surface area (Å²) in [5, 5.41) is 12.5. The van der Waals surface area contributed by atoms with E-state index in [0.29, 0.717) is 11.3 Å². The van der Waals surface area contributed by atoms with Crippen LogP contribution in [-0.2, 0) is 4.79 Å². The molecule has 6 nitrogen and oxygen atoms in total. The Bertz CT molecular complexity index is 868. The Hall–Kier alpha value is -3.28. The summed E-state index contributed by atoms with van der Waals surface area (Å²) < 4.78 is 5.19. The second-order valence-electron chi connectivity index (χ2n) is 6.15. The lowest BCUT2D eigenvalue weighted by Gasteiger charge is -2.27. The van der Waals surface area contributed by atoms with Crippen LogP contribution in [0.25, 0.3) is 5.70 Å². The summed E-state index contributed by atoms with van der Waals surface area (Å²) in [5.74, 6) is 0.0679. The van der Waals surface area contributed by atoms with Crippen LogP contribution in [0.2, 0.25) is 0 Å². The largest absolute Gasteiger partial charge is 0.497 e. The van der Waals surface area contributed by atoms with E-state index >= 15 is 0 Å². The smallest absolute Gasteiger partial charge is 0.307 e. The molecule has 1 aliphatic heterocycles. The molecule has 0 aromatic heterocycles. The molecule has 4 N–H and O–H groups in total. The van der Waals surface area contributed by atoms with Crippen LogP contribution in [0.15, 0.2) is 59.1 Å². The Morgan fingerprint density at radius 2 is 1.85 bits per heavy atom. The van der Waals surface area contributed by atoms with Crippen LogP contribution >= 0.6 is 0 Å². The van der Waals surface area contributed by atoms with Gasteiger partial charge in [0, 0.05) is 0 Å². The highest BCUT2D eigenvalue weighted by Crippen LogP contribution is 2.36. The summed E-state index contributed by atoms with van der Waals surface area (Å²) in [6.07, 6.45) is -0.135. The van der Waals surface area contributed by atoms with E-state index in [0.717, 1.165) is 22.4 Å². The third-order valence-corrected chi connectivity index (χ3v) is 4.29. The number of carboxylic acid groups (broad SMARTS) is 1. The minimum Gasteiger partial charge on any atom is -0.497 e. The molecule has 6 heteroatoms. The molecule has 26 heavy (non-hydrogen) atoms. The number of nitrogens with one attached hydrogen (secondary N) is 1. The van der Waals surface area contributed by atoms with Crippen LogP contribution in [0.5, 0.6) is 5.75 Å². The van der Waals surface area contributed by atoms with Gasteiger partial charge in [0.25, 0.3) is 0 Å². The van der Waals surface area contributed by atoms with E-state index in [4.69, 9.17) is 10.5 Å². The van der Waals surface area contributed by atoms with E-state index in [2.05, 4.69) is 10.3 Å². The van der Waals surface area contributed by atoms with Crippen LogP contribution < -0.4 is 15.8 Å². The van der Waals surface area contributed by atoms with E-state index < -0.39 is 12.0 Å². The highest BCUT2D eigenvalue weighted by molar-refractivity contribution is 5.93. The van der Waals surface area contributed by atoms with Crippen molar-refractivity contribution < 1.29 is 14.6 Å². The molecule has 1 aliphatic rings. The van der Waals surface area contributed by atoms with Gasteiger partial charge in [0.2, 0.25) is 0 Å². The van der Waals surface area contributed by atoms with Gasteiger partial charge in [-0.15, -0.1) is 0 Å². The third kappa shape index (κ3) is 3.69. The fourth-order valence-electron chi connectivity index (χ4n) is 2.98. The van der Waals surface area contributed by atoms with E-state index in [1.807, 2.05) is 55.5 Å². The summed E-state index contributed by atoms with van der Waals surface area (Å²) in [6.45, 7) is 2.00. The molecule has 1 heterocycles. The summed E-state index contributed by atoms with van der Waals surface area (Å²) in [5.41, 5.74) is 10.2. The van der Waals surface area contributed by atoms with E-state index in [1.54, 1.807) is 7.11 Å². The topological polar surface area (TPSA) is 96.9 Å². The van der Waals surface area contributed by atoms with E-state index in [1.165, 1.54) is 0 Å². The van der Waals surface area contributed by atoms with Crippen molar-refractivity contribution in [1.29, 1.82) is 0 Å². The molecule has 0 spiro atoms. The number of carboxylic acids is 1. The zero-order valence-electron chi connectivity index (χ0n) is 14.7. The number of aryl methyl sites for hydroxylation is 1. The maximum atomic E-state index is 11.5. The summed E-state index contributed by atoms with van der Waals surface area (Å²) in [6, 6.07) is 14.8. The average Bonchev–Trinajstić information content (AvgIpc) is 2.63. The van der Waals surface area contributed by atoms with E-state index in [9.17, 15) is 9.90 Å². The molecule has 0 saturated carbocycles. The Balaban J connectivity index is 2.11. The second-order valence-corrected chi connectivity index (χ2v) is 6.15. The number of nitrogens with two attached hydrogens (primary N) is 1. The first kappa shape index (κ1) is 17.5. The standard InChI is InChI=1S/C20H21N3O3/c1-12-3-5-13(6-4-12)18-16(11-17(24)25)19(23-20(21)22-18)14-7-9-15(26-2)10-8-14/h3-10,19H,11H2,1-2H3,(H,24,25)(H3,21,22,23). The number of guanidine groups is 1. The van der Waals surface area contributed by atoms with Crippen LogP contribution in [0.4, 0.5) is 0 Å². The summed E-state index contributed by atoms with van der Waals surface area (Å²) >= 11 is 0. The Morgan fingerprint density at radius 1 is 1.19 bits per heavy atom. The highest BCUT2D eigenvalue weighted by atomic mass is 16.5. The number of aliphatic imine (C=N–C) groups is 1. The lowest BCUT2D eigenvalue weighted by atomic mass is 9.91. The number of nitrogens with zero attached hydrogens (tertiary/aromatic N) is 1. The number of benzene rings is 2. The number of hydrogen-bond acceptors (Lipinski definition) is 5. The van der Waals surface area contributed by atoms with Gasteiger partial charge in [-0.05, 0) is 35.8 Å². The SMILES string of the molecule is COc1ccc(C2N=C(N)NC(c3ccc(C)cc3)=C2CC(=O)O)cc1. The molecule has 2 aromatic carbocycles. The highest BCUT2D eigenvalue weighted by Gasteiger charge is 2.27. The number of carbonyl (C=O) groups is 1. The second kappa shape index (κ2) is 7.31. The van der Waals surface area contributed by atoms with Crippen LogP contribution in [0, 0.1) is 6.92 Å². The summed E-state index contributed by atoms with van der Waals surface area (Å²) in [7, 11) is 1.60. The van der Waals surface area contributed by atoms with Gasteiger partial charge < -0.3 is 20.9 Å². The molecule has 0 aliphatic carbocycles. The molecule has 2 aromatic rings. The fourth-order valence-corrected chi connectivity index (χ4v) is 2.98. The molecular formula is C20H21N3O3. The zero-order valence-corrected chi connectivity index (χ0v) is 14.7. The Kier molecular flexibility index (Phi) is 4.93. The van der Waals surface area contributed by atoms with Gasteiger partial charge in [-0.2, -0.15) is 0 Å². The van der Waals surface area contributed by atoms with Crippen molar-refractivity contribution >= 4 is 17.6 Å². The van der Waals surface area contributed by atoms with Crippen LogP contribution in [0.1, 0.15) is 29.2 Å². The fraction of sp³-hybridized carbons (Fsp3) is 0.200. The van der Waals surface area contributed by atoms with Crippen molar-refractivity contribution in [3.63, 3.8) is 0 Å². The van der Waals surface area contributed by atoms with Crippen molar-refractivity contribution in [2.24, 2.45) is 10.7 Å². The molecule has 0 radical (unpaired) electrons. The number of methoxy groups -OCH3 is 1. The third-order valence-electron chi connectivity index (χ3n) is 4.29. The molecule has 0 fully saturated rings. The van der Waals surface area contributed by atoms with Crippen LogP contribution in [0.3, 0.4) is 0 Å². The molecule has 0 bridgehead atoms. The molecule has 134 valence electrons. The zero-order chi connectivity index (χ0) is 18.7. The quantitative estimate of drug-likeness (QED) is 0.770. The predicted octanol–water partition coefficient (Wildman–Crippen LogP) is 2.85. The van der Waals surface area contributed by atoms with Gasteiger partial charge in [0.1, 0.15) is 11.8 Å². The first-order valence-electron chi connectivity index (χ1n) is 8.24. The number of hydrogen-bond donors (Lipinski definition) is 3. The Morgan fingerprint density at radius 3 is 2.42 bits per heavy atom. The van der Waals surface area contributed by atoms with Gasteiger partial charge in [-0.3, -0.25) is 4.79 Å². The molecule has 1 atom stereocenters. The van der Waals surface area contributed by atoms with Gasteiger partial charge in [-0.25, -0.2) is 4.99 Å². The lowest BCUT2D eigenvalue weighted by molar-refractivity contribution is -0.136. The summed E-state index contributed by atoms with van der Waals surface area (Å²) in [4.78, 5) is 16.0. The van der Waals surface area contributed by atoms with Gasteiger partial charge >= 0.3 is 5.97 Å². The van der Waals surface area contributed by atoms with Crippen molar-refractivity contribution in [3.05, 3.63) is 70.8 Å². The first-order chi connectivity index (χ1) is 12.5. The number of rotatable bonds is 5. The van der Waals surface area contributed by atoms with Crippen molar-refractivity contribution in [3.8, 4) is 5.75 Å². The molecule has 0 amide bonds. The number of aliphatic carboxylic acids is 1. The normalized spacial score (nSPS) is 16.7. The lowest BCUT2D eigenvalue weighted by Crippen LogP contribution is -2.36. The van der Waals surface area contributed by atoms with Crippen LogP contribution in [-0.4, -0.2) is 24.1 Å². The minimum atomic E-state index is -0.916. The van der Waals surface area contributed by atoms with Gasteiger partial charge in [0.15, 0.2) is 5.96 Å². The predicted molar refractivity (Wildman–Crippen MR) is 101 cm³/mol. The maximum absolute atomic E-state index is 11.5. The van der Waals surface area contributed by atoms with Crippen molar-refractivity contribution in [2.45, 2.75) is 19.4 Å². The minimum absolute atomic E-state index is 0.135. The van der Waals surface area contributed by atoms with Crippen molar-refractivity contribution in [2.75, 3.05) is 7.11 Å². The number of ether oxygens (including phenoxy) is 1. The van der Waals surface area contributed by atoms with E-state index in [-0.39, 0.29) is 12.4 Å². The first-order valence-corrected chi connectivity index (χ1v) is 8.24. The molecule has 1 unspecified atom stereocenters. The molecular weight excluding hydrogens is 330 g/mol. The molecule has 0 saturated heterocycles. The average molecular weight is 351 g/mol. The van der Waals surface area contributed by atoms with Crippen molar-refractivity contribution in [1.82, 2.24) is 5.32 Å². The van der Waals surface area contributed by atoms with Gasteiger partial charge in [0.05, 0.1) is 19.2 Å². The maximum Gasteiger partial charge on any atom is 0.307 e. The van der Waals surface area contributed by atoms with Gasteiger partial charge in [-0.1, -0.05) is 42.0 Å². The monoisotopic (exact) mass is 351 g/mol.